The molecule has 0 bridgehead atoms. The number of amides is 2. The highest BCUT2D eigenvalue weighted by Gasteiger charge is 2.42. The van der Waals surface area contributed by atoms with Crippen molar-refractivity contribution in [2.75, 3.05) is 26.6 Å². The summed E-state index contributed by atoms with van der Waals surface area (Å²) < 4.78 is 58.5. The van der Waals surface area contributed by atoms with E-state index in [1.165, 1.54) is 35.8 Å². The average Bonchev–Trinajstić information content (AvgIpc) is 3.66. The van der Waals surface area contributed by atoms with Crippen LogP contribution in [0.15, 0.2) is 82.0 Å². The summed E-state index contributed by atoms with van der Waals surface area (Å²) in [5.74, 6) is -0.499. The number of hydrogen-bond acceptors (Lipinski definition) is 8. The number of benzene rings is 4. The van der Waals surface area contributed by atoms with E-state index < -0.39 is 20.0 Å². The minimum Gasteiger partial charge on any atom is -0.308 e. The fraction of sp³-hybridized carbons (Fsp3) is 0.138. The quantitative estimate of drug-likeness (QED) is 0.252. The van der Waals surface area contributed by atoms with Gasteiger partial charge in [0.25, 0.3) is 31.9 Å². The maximum atomic E-state index is 14.5. The molecule has 0 radical (unpaired) electrons. The molecule has 13 heteroatoms. The van der Waals surface area contributed by atoms with Gasteiger partial charge in [-0.2, -0.15) is 16.8 Å². The number of thiazole rings is 1. The van der Waals surface area contributed by atoms with Crippen molar-refractivity contribution in [3.8, 4) is 0 Å². The van der Waals surface area contributed by atoms with E-state index in [9.17, 15) is 26.4 Å². The molecule has 0 spiro atoms. The third-order valence-electron chi connectivity index (χ3n) is 7.69. The van der Waals surface area contributed by atoms with Crippen LogP contribution in [0.1, 0.15) is 34.6 Å². The number of nitrogens with zero attached hydrogens (tertiary/aromatic N) is 4. The van der Waals surface area contributed by atoms with E-state index in [1.54, 1.807) is 46.2 Å². The minimum absolute atomic E-state index is 0.232. The smallest absolute Gasteiger partial charge is 0.280 e. The van der Waals surface area contributed by atoms with Gasteiger partial charge in [-0.15, -0.1) is 15.0 Å². The highest BCUT2D eigenvalue weighted by atomic mass is 32.3. The first-order chi connectivity index (χ1) is 20.1. The summed E-state index contributed by atoms with van der Waals surface area (Å²) in [7, 11) is -9.63. The zero-order valence-corrected chi connectivity index (χ0v) is 24.8. The Bertz CT molecular complexity index is 2120. The number of aromatic nitrogens is 1. The van der Waals surface area contributed by atoms with Crippen LogP contribution < -0.4 is 13.5 Å². The maximum Gasteiger partial charge on any atom is 0.280 e. The third kappa shape index (κ3) is 3.38. The van der Waals surface area contributed by atoms with Gasteiger partial charge in [0.1, 0.15) is 0 Å². The van der Waals surface area contributed by atoms with E-state index in [0.29, 0.717) is 50.1 Å². The second-order valence-corrected chi connectivity index (χ2v) is 14.4. The first-order valence-electron chi connectivity index (χ1n) is 13.1. The van der Waals surface area contributed by atoms with Gasteiger partial charge in [0.2, 0.25) is 5.13 Å². The third-order valence-corrected chi connectivity index (χ3v) is 12.9. The van der Waals surface area contributed by atoms with Crippen LogP contribution in [-0.4, -0.2) is 46.7 Å². The predicted molar refractivity (Wildman–Crippen MR) is 162 cm³/mol. The molecule has 5 aromatic rings. The minimum atomic E-state index is -4.82. The summed E-state index contributed by atoms with van der Waals surface area (Å²) in [4.78, 5) is 32.7. The number of hydrogen-bond donors (Lipinski definition) is 0. The number of carbonyl (C=O) groups is 2. The Labute approximate surface area is 245 Å². The first kappa shape index (κ1) is 26.6. The topological polar surface area (TPSA) is 125 Å². The predicted octanol–water partition coefficient (Wildman–Crippen LogP) is 4.99. The molecule has 1 aromatic heterocycles. The Kier molecular flexibility index (Phi) is 5.74. The molecule has 2 aliphatic heterocycles. The van der Waals surface area contributed by atoms with Gasteiger partial charge in [-0.1, -0.05) is 24.3 Å². The molecule has 0 unspecified atom stereocenters. The molecule has 3 heterocycles. The molecule has 0 N–H and O–H groups in total. The van der Waals surface area contributed by atoms with Crippen LogP contribution in [0.4, 0.5) is 16.5 Å². The van der Waals surface area contributed by atoms with Crippen molar-refractivity contribution in [1.82, 2.24) is 4.98 Å². The largest absolute Gasteiger partial charge is 0.308 e. The Morgan fingerprint density at radius 3 is 1.79 bits per heavy atom. The second kappa shape index (κ2) is 9.08. The molecule has 2 amide bonds. The lowest BCUT2D eigenvalue weighted by Gasteiger charge is -2.23. The molecular weight excluding hydrogens is 597 g/mol. The fourth-order valence-corrected chi connectivity index (χ4v) is 11.0. The normalized spacial score (nSPS) is 14.5. The lowest BCUT2D eigenvalue weighted by molar-refractivity contribution is 0.0986. The fourth-order valence-electron chi connectivity index (χ4n) is 5.94. The highest BCUT2D eigenvalue weighted by molar-refractivity contribution is 8.10. The number of carbonyl (C=O) groups excluding carboxylic acids is 2. The molecule has 0 aliphatic carbocycles. The van der Waals surface area contributed by atoms with Crippen molar-refractivity contribution >= 4 is 81.2 Å². The number of rotatable bonds is 7. The molecule has 10 nitrogen and oxygen atoms in total. The van der Waals surface area contributed by atoms with E-state index >= 15 is 0 Å². The van der Waals surface area contributed by atoms with Crippen LogP contribution in [0.2, 0.25) is 0 Å². The first-order valence-corrected chi connectivity index (χ1v) is 16.8. The lowest BCUT2D eigenvalue weighted by atomic mass is 10.1. The average molecular weight is 619 g/mol. The highest BCUT2D eigenvalue weighted by Crippen LogP contribution is 2.44. The summed E-state index contributed by atoms with van der Waals surface area (Å²) in [6, 6.07) is 15.3. The van der Waals surface area contributed by atoms with Crippen molar-refractivity contribution in [3.63, 3.8) is 0 Å². The number of sulfonamides is 2. The second-order valence-electron chi connectivity index (χ2n) is 9.74. The summed E-state index contributed by atoms with van der Waals surface area (Å²) in [6.07, 6.45) is 1.33. The van der Waals surface area contributed by atoms with Gasteiger partial charge in [-0.05, 0) is 50.2 Å². The molecular formula is C29H22N4O6S3. The van der Waals surface area contributed by atoms with Crippen molar-refractivity contribution in [2.24, 2.45) is 0 Å². The molecule has 42 heavy (non-hydrogen) atoms. The summed E-state index contributed by atoms with van der Waals surface area (Å²) >= 11 is 0.863. The van der Waals surface area contributed by atoms with Crippen LogP contribution in [0.5, 0.6) is 0 Å². The molecule has 7 rings (SSSR count). The van der Waals surface area contributed by atoms with Crippen LogP contribution in [-0.2, 0) is 20.0 Å². The van der Waals surface area contributed by atoms with Gasteiger partial charge in [0, 0.05) is 57.3 Å². The SMILES string of the molecule is CCN1C(=O)c2ccc(S(=O)(=O)N(c3nccs3)S(=O)(=O)c3ccc4c5c(cccc35)C(=O)N4CC)c3cccc1c23. The van der Waals surface area contributed by atoms with E-state index in [1.807, 2.05) is 13.8 Å². The van der Waals surface area contributed by atoms with Gasteiger partial charge < -0.3 is 9.80 Å². The van der Waals surface area contributed by atoms with E-state index in [4.69, 9.17) is 0 Å². The van der Waals surface area contributed by atoms with E-state index in [-0.39, 0.29) is 37.5 Å². The van der Waals surface area contributed by atoms with Crippen LogP contribution in [0.25, 0.3) is 21.5 Å². The molecule has 0 saturated heterocycles. The Morgan fingerprint density at radius 2 is 1.24 bits per heavy atom. The Balaban J connectivity index is 1.48. The van der Waals surface area contributed by atoms with Crippen LogP contribution >= 0.6 is 11.3 Å². The summed E-state index contributed by atoms with van der Waals surface area (Å²) in [5.41, 5.74) is 1.83. The van der Waals surface area contributed by atoms with Crippen LogP contribution in [0.3, 0.4) is 0 Å². The zero-order chi connectivity index (χ0) is 29.6. The lowest BCUT2D eigenvalue weighted by Crippen LogP contribution is -2.37. The standard InChI is InChI=1S/C29H22N4O6S3/c1-3-31-21-10-6-8-18-23(13-11-20(26(18)21)28(31)35)41(36,37)33(29-30-15-16-40-29)42(38,39)24-14-12-22-25-17(24)7-5-9-19(25)27(34)32(22)4-2/h5-16H,3-4H2,1-2H3. The Morgan fingerprint density at radius 1 is 0.714 bits per heavy atom. The molecule has 0 fully saturated rings. The van der Waals surface area contributed by atoms with E-state index in [0.717, 1.165) is 11.3 Å². The summed E-state index contributed by atoms with van der Waals surface area (Å²) in [6.45, 7) is 4.42. The molecule has 2 aliphatic rings. The van der Waals surface area contributed by atoms with Gasteiger partial charge >= 0.3 is 0 Å². The van der Waals surface area contributed by atoms with Crippen molar-refractivity contribution in [3.05, 3.63) is 83.4 Å². The van der Waals surface area contributed by atoms with Crippen LogP contribution in [0, 0.1) is 0 Å². The molecule has 0 saturated carbocycles. The Hall–Kier alpha value is -4.33. The van der Waals surface area contributed by atoms with Gasteiger partial charge in [0.05, 0.1) is 21.2 Å². The molecule has 4 aromatic carbocycles. The van der Waals surface area contributed by atoms with Gasteiger partial charge in [0.15, 0.2) is 0 Å². The van der Waals surface area contributed by atoms with E-state index in [2.05, 4.69) is 4.98 Å². The maximum absolute atomic E-state index is 14.5. The molecule has 212 valence electrons. The van der Waals surface area contributed by atoms with Crippen molar-refractivity contribution in [1.29, 1.82) is 0 Å². The molecule has 0 atom stereocenters. The van der Waals surface area contributed by atoms with Gasteiger partial charge in [-0.25, -0.2) is 4.98 Å². The number of anilines is 3. The summed E-state index contributed by atoms with van der Waals surface area (Å²) in [5, 5.41) is 2.59. The van der Waals surface area contributed by atoms with Crippen molar-refractivity contribution in [2.45, 2.75) is 23.6 Å². The monoisotopic (exact) mass is 618 g/mol. The van der Waals surface area contributed by atoms with Crippen molar-refractivity contribution < 1.29 is 26.4 Å². The van der Waals surface area contributed by atoms with Gasteiger partial charge in [-0.3, -0.25) is 9.59 Å². The zero-order valence-electron chi connectivity index (χ0n) is 22.3.